The monoisotopic (exact) mass is 255 g/mol. The molecule has 0 radical (unpaired) electrons. The van der Waals surface area contributed by atoms with Crippen LogP contribution in [-0.4, -0.2) is 23.9 Å². The molecule has 0 aliphatic carbocycles. The number of hydrogen-bond donors (Lipinski definition) is 1. The van der Waals surface area contributed by atoms with E-state index in [4.69, 9.17) is 0 Å². The predicted octanol–water partition coefficient (Wildman–Crippen LogP) is 3.38. The quantitative estimate of drug-likeness (QED) is 0.818. The van der Waals surface area contributed by atoms with Gasteiger partial charge in [-0.15, -0.1) is 12.6 Å². The maximum absolute atomic E-state index is 13.0. The van der Waals surface area contributed by atoms with Gasteiger partial charge in [0, 0.05) is 23.5 Å². The van der Waals surface area contributed by atoms with Crippen LogP contribution in [0, 0.1) is 5.82 Å². The number of carbonyl (C=O) groups is 1. The molecule has 0 aromatic heterocycles. The fraction of sp³-hybridized carbons (Fsp3) is 0.462. The molecule has 1 rings (SSSR count). The lowest BCUT2D eigenvalue weighted by atomic mass is 10.1. The Balaban J connectivity index is 2.85. The van der Waals surface area contributed by atoms with Gasteiger partial charge in [-0.3, -0.25) is 4.79 Å². The molecule has 1 aromatic carbocycles. The van der Waals surface area contributed by atoms with Gasteiger partial charge < -0.3 is 4.90 Å². The molecule has 1 unspecified atom stereocenters. The zero-order valence-corrected chi connectivity index (χ0v) is 11.3. The number of nitrogens with zero attached hydrogens (tertiary/aromatic N) is 1. The zero-order chi connectivity index (χ0) is 13.0. The Kier molecular flexibility index (Phi) is 5.00. The Morgan fingerprint density at radius 1 is 1.53 bits per heavy atom. The summed E-state index contributed by atoms with van der Waals surface area (Å²) in [5.41, 5.74) is 0.474. The van der Waals surface area contributed by atoms with Crippen molar-refractivity contribution in [3.8, 4) is 0 Å². The molecule has 17 heavy (non-hydrogen) atoms. The van der Waals surface area contributed by atoms with Crippen LogP contribution in [0.15, 0.2) is 23.1 Å². The molecule has 0 fully saturated rings. The van der Waals surface area contributed by atoms with Crippen molar-refractivity contribution >= 4 is 18.5 Å². The van der Waals surface area contributed by atoms with Crippen LogP contribution in [0.25, 0.3) is 0 Å². The number of amides is 1. The topological polar surface area (TPSA) is 20.3 Å². The highest BCUT2D eigenvalue weighted by Gasteiger charge is 2.17. The third-order valence-corrected chi connectivity index (χ3v) is 3.22. The smallest absolute Gasteiger partial charge is 0.253 e. The summed E-state index contributed by atoms with van der Waals surface area (Å²) in [4.78, 5) is 14.0. The van der Waals surface area contributed by atoms with Crippen LogP contribution in [0.3, 0.4) is 0 Å². The van der Waals surface area contributed by atoms with Crippen LogP contribution in [0.1, 0.15) is 37.0 Å². The minimum Gasteiger partial charge on any atom is -0.339 e. The van der Waals surface area contributed by atoms with E-state index >= 15 is 0 Å². The van der Waals surface area contributed by atoms with Gasteiger partial charge in [-0.1, -0.05) is 13.3 Å². The SMILES string of the molecule is CCCC(C)N(C)C(=O)c1ccc(F)c(S)c1. The zero-order valence-electron chi connectivity index (χ0n) is 10.4. The summed E-state index contributed by atoms with van der Waals surface area (Å²) < 4.78 is 13.0. The fourth-order valence-corrected chi connectivity index (χ4v) is 1.87. The fourth-order valence-electron chi connectivity index (χ4n) is 1.66. The first-order chi connectivity index (χ1) is 7.97. The number of benzene rings is 1. The van der Waals surface area contributed by atoms with Crippen LogP contribution >= 0.6 is 12.6 Å². The molecular formula is C13H18FNOS. The Bertz CT molecular complexity index is 408. The Labute approximate surface area is 107 Å². The van der Waals surface area contributed by atoms with Gasteiger partial charge in [0.15, 0.2) is 0 Å². The molecule has 1 atom stereocenters. The summed E-state index contributed by atoms with van der Waals surface area (Å²) in [6.07, 6.45) is 1.98. The number of thiol groups is 1. The van der Waals surface area contributed by atoms with Crippen molar-refractivity contribution in [2.45, 2.75) is 37.6 Å². The van der Waals surface area contributed by atoms with Crippen molar-refractivity contribution in [1.82, 2.24) is 4.90 Å². The third kappa shape index (κ3) is 3.46. The molecular weight excluding hydrogens is 237 g/mol. The van der Waals surface area contributed by atoms with Gasteiger partial charge in [0.1, 0.15) is 5.82 Å². The van der Waals surface area contributed by atoms with E-state index in [2.05, 4.69) is 19.6 Å². The normalized spacial score (nSPS) is 12.3. The van der Waals surface area contributed by atoms with Crippen LogP contribution in [0.5, 0.6) is 0 Å². The molecule has 0 saturated heterocycles. The highest BCUT2D eigenvalue weighted by atomic mass is 32.1. The van der Waals surface area contributed by atoms with Crippen molar-refractivity contribution in [3.63, 3.8) is 0 Å². The molecule has 4 heteroatoms. The van der Waals surface area contributed by atoms with Gasteiger partial charge in [-0.25, -0.2) is 4.39 Å². The summed E-state index contributed by atoms with van der Waals surface area (Å²) in [5, 5.41) is 0. The van der Waals surface area contributed by atoms with Gasteiger partial charge in [0.05, 0.1) is 0 Å². The van der Waals surface area contributed by atoms with Crippen molar-refractivity contribution in [2.24, 2.45) is 0 Å². The molecule has 0 aliphatic rings. The summed E-state index contributed by atoms with van der Waals surface area (Å²) >= 11 is 3.98. The lowest BCUT2D eigenvalue weighted by molar-refractivity contribution is 0.0736. The van der Waals surface area contributed by atoms with E-state index in [0.29, 0.717) is 5.56 Å². The molecule has 0 aliphatic heterocycles. The van der Waals surface area contributed by atoms with E-state index in [1.54, 1.807) is 11.9 Å². The van der Waals surface area contributed by atoms with Crippen molar-refractivity contribution < 1.29 is 9.18 Å². The third-order valence-electron chi connectivity index (χ3n) is 2.88. The maximum Gasteiger partial charge on any atom is 0.253 e. The van der Waals surface area contributed by atoms with Gasteiger partial charge in [0.2, 0.25) is 0 Å². The summed E-state index contributed by atoms with van der Waals surface area (Å²) in [5.74, 6) is -0.504. The lowest BCUT2D eigenvalue weighted by Crippen LogP contribution is -2.34. The van der Waals surface area contributed by atoms with Gasteiger partial charge in [-0.2, -0.15) is 0 Å². The Hall–Kier alpha value is -1.03. The molecule has 94 valence electrons. The second kappa shape index (κ2) is 6.05. The lowest BCUT2D eigenvalue weighted by Gasteiger charge is -2.24. The Morgan fingerprint density at radius 3 is 2.71 bits per heavy atom. The van der Waals surface area contributed by atoms with E-state index in [-0.39, 0.29) is 16.8 Å². The van der Waals surface area contributed by atoms with Gasteiger partial charge in [0.25, 0.3) is 5.91 Å². The second-order valence-corrected chi connectivity index (χ2v) is 4.70. The number of carbonyl (C=O) groups excluding carboxylic acids is 1. The van der Waals surface area contributed by atoms with Crippen LogP contribution in [0.2, 0.25) is 0 Å². The molecule has 1 amide bonds. The van der Waals surface area contributed by atoms with Crippen LogP contribution < -0.4 is 0 Å². The minimum absolute atomic E-state index is 0.0961. The minimum atomic E-state index is -0.408. The molecule has 0 bridgehead atoms. The van der Waals surface area contributed by atoms with Gasteiger partial charge in [-0.05, 0) is 31.5 Å². The molecule has 2 nitrogen and oxygen atoms in total. The molecule has 0 saturated carbocycles. The van der Waals surface area contributed by atoms with E-state index < -0.39 is 5.82 Å². The van der Waals surface area contributed by atoms with Crippen molar-refractivity contribution in [3.05, 3.63) is 29.6 Å². The van der Waals surface area contributed by atoms with Gasteiger partial charge >= 0.3 is 0 Å². The van der Waals surface area contributed by atoms with Crippen molar-refractivity contribution in [1.29, 1.82) is 0 Å². The largest absolute Gasteiger partial charge is 0.339 e. The van der Waals surface area contributed by atoms with Crippen LogP contribution in [-0.2, 0) is 0 Å². The first-order valence-corrected chi connectivity index (χ1v) is 6.17. The summed E-state index contributed by atoms with van der Waals surface area (Å²) in [6.45, 7) is 4.09. The van der Waals surface area contributed by atoms with E-state index in [1.807, 2.05) is 6.92 Å². The van der Waals surface area contributed by atoms with Crippen molar-refractivity contribution in [2.75, 3.05) is 7.05 Å². The standard InChI is InChI=1S/C13H18FNOS/c1-4-5-9(2)15(3)13(16)10-6-7-11(14)12(17)8-10/h6-9,17H,4-5H2,1-3H3. The number of rotatable bonds is 4. The highest BCUT2D eigenvalue weighted by Crippen LogP contribution is 2.16. The predicted molar refractivity (Wildman–Crippen MR) is 70.1 cm³/mol. The van der Waals surface area contributed by atoms with Crippen LogP contribution in [0.4, 0.5) is 4.39 Å². The number of halogens is 1. The maximum atomic E-state index is 13.0. The van der Waals surface area contributed by atoms with E-state index in [0.717, 1.165) is 12.8 Å². The second-order valence-electron chi connectivity index (χ2n) is 4.22. The number of hydrogen-bond acceptors (Lipinski definition) is 2. The van der Waals surface area contributed by atoms with E-state index in [1.165, 1.54) is 18.2 Å². The molecule has 1 aromatic rings. The Morgan fingerprint density at radius 2 is 2.18 bits per heavy atom. The summed E-state index contributed by atoms with van der Waals surface area (Å²) in [6, 6.07) is 4.41. The average Bonchev–Trinajstić information content (AvgIpc) is 2.31. The molecule has 0 N–H and O–H groups in total. The molecule has 0 heterocycles. The first-order valence-electron chi connectivity index (χ1n) is 5.73. The van der Waals surface area contributed by atoms with E-state index in [9.17, 15) is 9.18 Å². The summed E-state index contributed by atoms with van der Waals surface area (Å²) in [7, 11) is 1.77. The molecule has 0 spiro atoms. The average molecular weight is 255 g/mol. The first kappa shape index (κ1) is 14.0. The highest BCUT2D eigenvalue weighted by molar-refractivity contribution is 7.80.